The van der Waals surface area contributed by atoms with Gasteiger partial charge in [0.05, 0.1) is 17.6 Å². The Hall–Kier alpha value is -1.88. The summed E-state index contributed by atoms with van der Waals surface area (Å²) in [5, 5.41) is 21.2. The summed E-state index contributed by atoms with van der Waals surface area (Å²) in [4.78, 5) is 23.6. The number of carbonyl (C=O) groups excluding carboxylic acids is 1. The van der Waals surface area contributed by atoms with Crippen molar-refractivity contribution >= 4 is 11.9 Å². The molecule has 110 valence electrons. The third-order valence-electron chi connectivity index (χ3n) is 3.27. The van der Waals surface area contributed by atoms with Gasteiger partial charge in [-0.05, 0) is 26.3 Å². The van der Waals surface area contributed by atoms with Crippen LogP contribution in [0.25, 0.3) is 0 Å². The van der Waals surface area contributed by atoms with Gasteiger partial charge in [0.15, 0.2) is 0 Å². The van der Waals surface area contributed by atoms with Gasteiger partial charge in [-0.25, -0.2) is 0 Å². The summed E-state index contributed by atoms with van der Waals surface area (Å²) in [5.41, 5.74) is -1.49. The normalized spacial score (nSPS) is 14.4. The van der Waals surface area contributed by atoms with Gasteiger partial charge in [-0.1, -0.05) is 30.3 Å². The number of rotatable bonds is 6. The van der Waals surface area contributed by atoms with Gasteiger partial charge in [-0.3, -0.25) is 9.59 Å². The van der Waals surface area contributed by atoms with Crippen LogP contribution in [0.15, 0.2) is 30.3 Å². The van der Waals surface area contributed by atoms with E-state index in [-0.39, 0.29) is 13.0 Å². The van der Waals surface area contributed by atoms with Crippen molar-refractivity contribution in [2.75, 3.05) is 6.61 Å². The predicted molar refractivity (Wildman–Crippen MR) is 75.4 cm³/mol. The number of benzene rings is 1. The van der Waals surface area contributed by atoms with Crippen LogP contribution < -0.4 is 5.32 Å². The Bertz CT molecular complexity index is 484. The molecule has 0 saturated carbocycles. The van der Waals surface area contributed by atoms with Crippen LogP contribution >= 0.6 is 0 Å². The van der Waals surface area contributed by atoms with Crippen LogP contribution in [0, 0.1) is 0 Å². The summed E-state index contributed by atoms with van der Waals surface area (Å²) in [6.07, 6.45) is -0.185. The molecule has 0 aliphatic carbocycles. The van der Waals surface area contributed by atoms with Crippen molar-refractivity contribution in [2.24, 2.45) is 0 Å². The molecular weight excluding hydrogens is 258 g/mol. The minimum atomic E-state index is -1.29. The van der Waals surface area contributed by atoms with Crippen LogP contribution in [0.4, 0.5) is 0 Å². The molecule has 0 fully saturated rings. The quantitative estimate of drug-likeness (QED) is 0.732. The molecule has 1 unspecified atom stereocenters. The van der Waals surface area contributed by atoms with E-state index < -0.39 is 22.8 Å². The third-order valence-corrected chi connectivity index (χ3v) is 3.27. The van der Waals surface area contributed by atoms with Gasteiger partial charge < -0.3 is 15.5 Å². The summed E-state index contributed by atoms with van der Waals surface area (Å²) in [5.74, 6) is -1.46. The number of hydrogen-bond donors (Lipinski definition) is 3. The van der Waals surface area contributed by atoms with Crippen molar-refractivity contribution in [1.82, 2.24) is 5.32 Å². The van der Waals surface area contributed by atoms with Crippen LogP contribution in [0.2, 0.25) is 0 Å². The molecule has 1 amide bonds. The second-order valence-corrected chi connectivity index (χ2v) is 5.77. The Labute approximate surface area is 118 Å². The molecule has 0 saturated heterocycles. The van der Waals surface area contributed by atoms with E-state index in [9.17, 15) is 14.7 Å². The lowest BCUT2D eigenvalue weighted by molar-refractivity contribution is -0.146. The van der Waals surface area contributed by atoms with Crippen LogP contribution in [0.3, 0.4) is 0 Å². The van der Waals surface area contributed by atoms with Crippen LogP contribution in [0.5, 0.6) is 0 Å². The highest BCUT2D eigenvalue weighted by atomic mass is 16.4. The van der Waals surface area contributed by atoms with Crippen molar-refractivity contribution in [1.29, 1.82) is 0 Å². The van der Waals surface area contributed by atoms with Gasteiger partial charge >= 0.3 is 5.97 Å². The lowest BCUT2D eigenvalue weighted by atomic mass is 9.79. The molecule has 1 aromatic rings. The average molecular weight is 279 g/mol. The lowest BCUT2D eigenvalue weighted by Gasteiger charge is -2.28. The lowest BCUT2D eigenvalue weighted by Crippen LogP contribution is -2.49. The fraction of sp³-hybridized carbons (Fsp3) is 0.467. The first-order valence-electron chi connectivity index (χ1n) is 6.42. The van der Waals surface area contributed by atoms with E-state index in [0.717, 1.165) is 0 Å². The van der Waals surface area contributed by atoms with Gasteiger partial charge in [0, 0.05) is 6.42 Å². The number of aliphatic carboxylic acids is 1. The number of amides is 1. The highest BCUT2D eigenvalue weighted by Gasteiger charge is 2.38. The maximum Gasteiger partial charge on any atom is 0.314 e. The Balaban J connectivity index is 2.94. The highest BCUT2D eigenvalue weighted by Crippen LogP contribution is 2.28. The fourth-order valence-corrected chi connectivity index (χ4v) is 1.89. The standard InChI is InChI=1S/C15H21NO4/c1-14(2,10-17)16-12(18)9-15(3,13(19)20)11-7-5-4-6-8-11/h4-8,17H,9-10H2,1-3H3,(H,16,18)(H,19,20). The van der Waals surface area contributed by atoms with Crippen molar-refractivity contribution in [3.63, 3.8) is 0 Å². The van der Waals surface area contributed by atoms with Gasteiger partial charge in [0.1, 0.15) is 0 Å². The molecule has 5 heteroatoms. The summed E-state index contributed by atoms with van der Waals surface area (Å²) in [7, 11) is 0. The Morgan fingerprint density at radius 1 is 1.15 bits per heavy atom. The van der Waals surface area contributed by atoms with Gasteiger partial charge in [-0.15, -0.1) is 0 Å². The summed E-state index contributed by atoms with van der Waals surface area (Å²) in [6, 6.07) is 8.66. The van der Waals surface area contributed by atoms with E-state index in [1.807, 2.05) is 0 Å². The molecule has 1 atom stereocenters. The molecule has 20 heavy (non-hydrogen) atoms. The zero-order valence-electron chi connectivity index (χ0n) is 12.0. The summed E-state index contributed by atoms with van der Waals surface area (Å²) < 4.78 is 0. The number of carbonyl (C=O) groups is 2. The van der Waals surface area contributed by atoms with E-state index in [2.05, 4.69) is 5.32 Å². The Morgan fingerprint density at radius 3 is 2.15 bits per heavy atom. The van der Waals surface area contributed by atoms with Gasteiger partial charge in [0.25, 0.3) is 0 Å². The highest BCUT2D eigenvalue weighted by molar-refractivity contribution is 5.89. The largest absolute Gasteiger partial charge is 0.481 e. The Morgan fingerprint density at radius 2 is 1.70 bits per heavy atom. The van der Waals surface area contributed by atoms with E-state index in [1.165, 1.54) is 6.92 Å². The van der Waals surface area contributed by atoms with Crippen molar-refractivity contribution < 1.29 is 19.8 Å². The predicted octanol–water partition coefficient (Wildman–Crippen LogP) is 1.31. The molecule has 0 radical (unpaired) electrons. The first-order valence-corrected chi connectivity index (χ1v) is 6.42. The number of aliphatic hydroxyl groups excluding tert-OH is 1. The van der Waals surface area contributed by atoms with E-state index in [4.69, 9.17) is 5.11 Å². The maximum atomic E-state index is 12.0. The fourth-order valence-electron chi connectivity index (χ4n) is 1.89. The zero-order valence-corrected chi connectivity index (χ0v) is 12.0. The number of carboxylic acid groups (broad SMARTS) is 1. The van der Waals surface area contributed by atoms with Crippen molar-refractivity contribution in [3.05, 3.63) is 35.9 Å². The van der Waals surface area contributed by atoms with Gasteiger partial charge in [0.2, 0.25) is 5.91 Å². The molecule has 0 bridgehead atoms. The van der Waals surface area contributed by atoms with E-state index >= 15 is 0 Å². The monoisotopic (exact) mass is 279 g/mol. The topological polar surface area (TPSA) is 86.6 Å². The molecule has 1 aromatic carbocycles. The molecule has 0 aliphatic rings. The van der Waals surface area contributed by atoms with Crippen molar-refractivity contribution in [3.8, 4) is 0 Å². The molecule has 1 rings (SSSR count). The smallest absolute Gasteiger partial charge is 0.314 e. The third kappa shape index (κ3) is 3.81. The molecule has 3 N–H and O–H groups in total. The summed E-state index contributed by atoms with van der Waals surface area (Å²) >= 11 is 0. The minimum absolute atomic E-state index is 0.185. The zero-order chi connectivity index (χ0) is 15.4. The van der Waals surface area contributed by atoms with Crippen molar-refractivity contribution in [2.45, 2.75) is 38.1 Å². The van der Waals surface area contributed by atoms with Crippen LogP contribution in [0.1, 0.15) is 32.8 Å². The maximum absolute atomic E-state index is 12.0. The molecule has 0 aromatic heterocycles. The first-order chi connectivity index (χ1) is 9.21. The number of hydrogen-bond acceptors (Lipinski definition) is 3. The number of carboxylic acids is 1. The Kier molecular flexibility index (Phi) is 4.89. The summed E-state index contributed by atoms with van der Waals surface area (Å²) in [6.45, 7) is 4.65. The minimum Gasteiger partial charge on any atom is -0.481 e. The number of aliphatic hydroxyl groups is 1. The first kappa shape index (κ1) is 16.2. The van der Waals surface area contributed by atoms with Crippen LogP contribution in [-0.4, -0.2) is 34.2 Å². The number of nitrogens with one attached hydrogen (secondary N) is 1. The molecule has 5 nitrogen and oxygen atoms in total. The van der Waals surface area contributed by atoms with Crippen LogP contribution in [-0.2, 0) is 15.0 Å². The molecular formula is C15H21NO4. The molecule has 0 aliphatic heterocycles. The van der Waals surface area contributed by atoms with E-state index in [1.54, 1.807) is 44.2 Å². The van der Waals surface area contributed by atoms with E-state index in [0.29, 0.717) is 5.56 Å². The second-order valence-electron chi connectivity index (χ2n) is 5.77. The molecule has 0 heterocycles. The molecule has 0 spiro atoms. The SMILES string of the molecule is CC(C)(CO)NC(=O)CC(C)(C(=O)O)c1ccccc1. The average Bonchev–Trinajstić information content (AvgIpc) is 2.38. The van der Waals surface area contributed by atoms with Gasteiger partial charge in [-0.2, -0.15) is 0 Å². The second kappa shape index (κ2) is 6.05.